The molecule has 4 unspecified atom stereocenters. The summed E-state index contributed by atoms with van der Waals surface area (Å²) in [5.74, 6) is -4.30. The predicted octanol–water partition coefficient (Wildman–Crippen LogP) is -1.81. The van der Waals surface area contributed by atoms with Crippen molar-refractivity contribution in [2.24, 2.45) is 0 Å². The highest BCUT2D eigenvalue weighted by Gasteiger charge is 2.61. The number of hydrogen-bond acceptors (Lipinski definition) is 10. The van der Waals surface area contributed by atoms with Crippen LogP contribution in [-0.4, -0.2) is 119 Å². The highest BCUT2D eigenvalue weighted by molar-refractivity contribution is 6.35. The summed E-state index contributed by atoms with van der Waals surface area (Å²) >= 11 is 0. The van der Waals surface area contributed by atoms with E-state index in [2.05, 4.69) is 16.7 Å². The Bertz CT molecular complexity index is 946. The van der Waals surface area contributed by atoms with Gasteiger partial charge in [-0.25, -0.2) is 0 Å². The number of carbonyl (C=O) groups is 3. The lowest BCUT2D eigenvalue weighted by atomic mass is 9.89. The maximum absolute atomic E-state index is 12.8. The molecular weight excluding hydrogens is 486 g/mol. The first-order chi connectivity index (χ1) is 17.4. The third-order valence-corrected chi connectivity index (χ3v) is 7.70. The number of ether oxygens (including phenoxy) is 3. The molecule has 4 saturated heterocycles. The maximum atomic E-state index is 12.8. The average Bonchev–Trinajstić information content (AvgIpc) is 3.45. The molecule has 37 heavy (non-hydrogen) atoms. The first-order valence-corrected chi connectivity index (χ1v) is 12.8. The molecule has 0 aromatic heterocycles. The van der Waals surface area contributed by atoms with Gasteiger partial charge < -0.3 is 44.9 Å². The molecule has 3 amide bonds. The number of aliphatic hydroxyl groups is 2. The van der Waals surface area contributed by atoms with Crippen LogP contribution in [-0.2, 0) is 28.6 Å². The van der Waals surface area contributed by atoms with Crippen molar-refractivity contribution < 1.29 is 38.8 Å². The molecule has 13 nitrogen and oxygen atoms in total. The van der Waals surface area contributed by atoms with Crippen LogP contribution >= 0.6 is 0 Å². The van der Waals surface area contributed by atoms with Gasteiger partial charge in [-0.1, -0.05) is 0 Å². The van der Waals surface area contributed by atoms with Crippen molar-refractivity contribution in [2.45, 2.75) is 87.9 Å². The standard InChI is InChI=1S/C24H37N5O8/c1-22(2)36-19-18(32)16(30)13-35-24(19,37-22)14-26-20(33)21(34)28-9-6-23(3,7-10-28)27-12-17(31)29-8-4-5-15(29)11-25/h15-16,18-19,27,30,32H,4-10,12-14H2,1-3H3,(H,26,33)/t15-,16?,18?,19?,24?/m0/s1. The van der Waals surface area contributed by atoms with E-state index < -0.39 is 41.7 Å². The molecule has 206 valence electrons. The zero-order chi connectivity index (χ0) is 27.0. The van der Waals surface area contributed by atoms with E-state index in [1.807, 2.05) is 6.92 Å². The number of nitriles is 1. The van der Waals surface area contributed by atoms with Crippen LogP contribution in [0.3, 0.4) is 0 Å². The Labute approximate surface area is 216 Å². The summed E-state index contributed by atoms with van der Waals surface area (Å²) in [6, 6.07) is 1.81. The van der Waals surface area contributed by atoms with E-state index in [1.54, 1.807) is 18.7 Å². The average molecular weight is 524 g/mol. The molecule has 0 aliphatic carbocycles. The summed E-state index contributed by atoms with van der Waals surface area (Å²) in [5.41, 5.74) is -0.384. The van der Waals surface area contributed by atoms with Crippen molar-refractivity contribution in [1.29, 1.82) is 5.26 Å². The van der Waals surface area contributed by atoms with Crippen LogP contribution in [0.15, 0.2) is 0 Å². The quantitative estimate of drug-likeness (QED) is 0.301. The second-order valence-corrected chi connectivity index (χ2v) is 11.0. The number of likely N-dealkylation sites (tertiary alicyclic amines) is 2. The second-order valence-electron chi connectivity index (χ2n) is 11.0. The van der Waals surface area contributed by atoms with Crippen LogP contribution in [0.2, 0.25) is 0 Å². The molecule has 4 aliphatic heterocycles. The van der Waals surface area contributed by atoms with Crippen LogP contribution in [0.1, 0.15) is 46.5 Å². The van der Waals surface area contributed by atoms with Gasteiger partial charge in [0.05, 0.1) is 25.8 Å². The van der Waals surface area contributed by atoms with Gasteiger partial charge >= 0.3 is 11.8 Å². The number of fused-ring (bicyclic) bond motifs is 1. The molecule has 0 bridgehead atoms. The number of piperidine rings is 1. The normalized spacial score (nSPS) is 34.5. The van der Waals surface area contributed by atoms with Gasteiger partial charge in [-0.15, -0.1) is 0 Å². The zero-order valence-electron chi connectivity index (χ0n) is 21.6. The third kappa shape index (κ3) is 5.74. The number of aliphatic hydroxyl groups excluding tert-OH is 2. The Morgan fingerprint density at radius 2 is 1.84 bits per heavy atom. The molecule has 4 rings (SSSR count). The van der Waals surface area contributed by atoms with Crippen molar-refractivity contribution in [3.8, 4) is 6.07 Å². The first-order valence-electron chi connectivity index (χ1n) is 12.8. The van der Waals surface area contributed by atoms with Gasteiger partial charge in [0.1, 0.15) is 24.4 Å². The lowest BCUT2D eigenvalue weighted by molar-refractivity contribution is -0.288. The fourth-order valence-electron chi connectivity index (χ4n) is 5.44. The molecule has 0 spiro atoms. The largest absolute Gasteiger partial charge is 0.388 e. The lowest BCUT2D eigenvalue weighted by Gasteiger charge is -2.41. The number of carbonyl (C=O) groups excluding carboxylic acids is 3. The second kappa shape index (κ2) is 10.4. The van der Waals surface area contributed by atoms with E-state index in [4.69, 9.17) is 14.2 Å². The van der Waals surface area contributed by atoms with Crippen molar-refractivity contribution >= 4 is 17.7 Å². The smallest absolute Gasteiger partial charge is 0.311 e. The minimum atomic E-state index is -1.53. The summed E-state index contributed by atoms with van der Waals surface area (Å²) in [5, 5.41) is 35.3. The molecule has 4 N–H and O–H groups in total. The fraction of sp³-hybridized carbons (Fsp3) is 0.833. The molecule has 0 aromatic carbocycles. The van der Waals surface area contributed by atoms with Gasteiger partial charge in [-0.2, -0.15) is 5.26 Å². The molecule has 0 aromatic rings. The van der Waals surface area contributed by atoms with E-state index in [1.165, 1.54) is 4.90 Å². The number of amides is 3. The predicted molar refractivity (Wildman–Crippen MR) is 126 cm³/mol. The van der Waals surface area contributed by atoms with Crippen molar-refractivity contribution in [3.63, 3.8) is 0 Å². The minimum Gasteiger partial charge on any atom is -0.388 e. The molecule has 4 fully saturated rings. The van der Waals surface area contributed by atoms with Gasteiger partial charge in [0, 0.05) is 25.2 Å². The highest BCUT2D eigenvalue weighted by atomic mass is 16.8. The van der Waals surface area contributed by atoms with Crippen molar-refractivity contribution in [1.82, 2.24) is 20.4 Å². The van der Waals surface area contributed by atoms with E-state index in [-0.39, 0.29) is 37.2 Å². The summed E-state index contributed by atoms with van der Waals surface area (Å²) < 4.78 is 17.2. The summed E-state index contributed by atoms with van der Waals surface area (Å²) in [6.45, 7) is 6.14. The molecule has 4 aliphatic rings. The molecule has 5 atom stereocenters. The number of hydrogen-bond donors (Lipinski definition) is 4. The van der Waals surface area contributed by atoms with E-state index in [0.717, 1.165) is 6.42 Å². The monoisotopic (exact) mass is 523 g/mol. The van der Waals surface area contributed by atoms with Crippen LogP contribution in [0.25, 0.3) is 0 Å². The Morgan fingerprint density at radius 1 is 1.14 bits per heavy atom. The lowest BCUT2D eigenvalue weighted by Crippen LogP contribution is -2.64. The first kappa shape index (κ1) is 27.7. The summed E-state index contributed by atoms with van der Waals surface area (Å²) in [4.78, 5) is 41.1. The van der Waals surface area contributed by atoms with Gasteiger partial charge in [-0.3, -0.25) is 14.4 Å². The van der Waals surface area contributed by atoms with E-state index in [9.17, 15) is 29.9 Å². The summed E-state index contributed by atoms with van der Waals surface area (Å²) in [7, 11) is 0. The Morgan fingerprint density at radius 3 is 2.51 bits per heavy atom. The van der Waals surface area contributed by atoms with E-state index in [0.29, 0.717) is 38.9 Å². The van der Waals surface area contributed by atoms with Crippen molar-refractivity contribution in [3.05, 3.63) is 0 Å². The molecule has 13 heteroatoms. The van der Waals surface area contributed by atoms with Gasteiger partial charge in [-0.05, 0) is 46.5 Å². The SMILES string of the molecule is CC1(NCC(=O)N2CCC[C@H]2C#N)CCN(C(=O)C(=O)NCC23OCC(O)C(O)C2OC(C)(C)O3)CC1. The Hall–Kier alpha value is -2.34. The molecule has 0 saturated carbocycles. The van der Waals surface area contributed by atoms with Crippen LogP contribution in [0.4, 0.5) is 0 Å². The maximum Gasteiger partial charge on any atom is 0.311 e. The van der Waals surface area contributed by atoms with E-state index >= 15 is 0 Å². The molecule has 4 heterocycles. The topological polar surface area (TPSA) is 174 Å². The van der Waals surface area contributed by atoms with Crippen LogP contribution in [0.5, 0.6) is 0 Å². The van der Waals surface area contributed by atoms with Crippen LogP contribution < -0.4 is 10.6 Å². The molecular formula is C24H37N5O8. The van der Waals surface area contributed by atoms with Gasteiger partial charge in [0.2, 0.25) is 11.7 Å². The third-order valence-electron chi connectivity index (χ3n) is 7.70. The summed E-state index contributed by atoms with van der Waals surface area (Å²) in [6.07, 6.45) is -0.868. The number of rotatable bonds is 5. The highest BCUT2D eigenvalue weighted by Crippen LogP contribution is 2.42. The Balaban J connectivity index is 1.26. The molecule has 0 radical (unpaired) electrons. The zero-order valence-corrected chi connectivity index (χ0v) is 21.6. The fourth-order valence-corrected chi connectivity index (χ4v) is 5.44. The van der Waals surface area contributed by atoms with Gasteiger partial charge in [0.25, 0.3) is 0 Å². The van der Waals surface area contributed by atoms with Crippen LogP contribution in [0, 0.1) is 11.3 Å². The number of nitrogens with zero attached hydrogens (tertiary/aromatic N) is 3. The van der Waals surface area contributed by atoms with Crippen molar-refractivity contribution in [2.75, 3.05) is 39.3 Å². The minimum absolute atomic E-state index is 0.107. The number of nitrogens with one attached hydrogen (secondary N) is 2. The van der Waals surface area contributed by atoms with Gasteiger partial charge in [0.15, 0.2) is 5.79 Å². The Kier molecular flexibility index (Phi) is 7.81.